The highest BCUT2D eigenvalue weighted by Crippen LogP contribution is 2.54. The van der Waals surface area contributed by atoms with Crippen LogP contribution in [0.15, 0.2) is 36.4 Å². The van der Waals surface area contributed by atoms with Gasteiger partial charge in [0.1, 0.15) is 0 Å². The Labute approximate surface area is 165 Å². The topological polar surface area (TPSA) is 99.2 Å². The first kappa shape index (κ1) is 18.6. The van der Waals surface area contributed by atoms with E-state index in [1.54, 1.807) is 24.3 Å². The first-order valence-corrected chi connectivity index (χ1v) is 8.97. The van der Waals surface area contributed by atoms with Crippen molar-refractivity contribution in [2.24, 2.45) is 11.8 Å². The molecule has 2 amide bonds. The van der Waals surface area contributed by atoms with Crippen LogP contribution in [0.1, 0.15) is 13.8 Å². The number of ether oxygens (including phenoxy) is 3. The van der Waals surface area contributed by atoms with Crippen molar-refractivity contribution in [3.63, 3.8) is 0 Å². The highest BCUT2D eigenvalue weighted by atomic mass is 35.5. The second-order valence-corrected chi connectivity index (χ2v) is 7.28. The molecule has 0 aliphatic carbocycles. The number of carbonyl (C=O) groups excluding carboxylic acids is 4. The lowest BCUT2D eigenvalue weighted by Gasteiger charge is -2.34. The van der Waals surface area contributed by atoms with Crippen LogP contribution in [-0.2, 0) is 33.4 Å². The number of imide groups is 1. The Morgan fingerprint density at radius 1 is 1.18 bits per heavy atom. The van der Waals surface area contributed by atoms with Gasteiger partial charge in [-0.15, -0.1) is 0 Å². The normalized spacial score (nSPS) is 30.1. The molecular weight excluding hydrogens is 390 g/mol. The summed E-state index contributed by atoms with van der Waals surface area (Å²) < 4.78 is 16.2. The Kier molecular flexibility index (Phi) is 4.28. The van der Waals surface area contributed by atoms with E-state index < -0.39 is 53.6 Å². The molecule has 0 saturated carbocycles. The van der Waals surface area contributed by atoms with Crippen molar-refractivity contribution in [3.8, 4) is 0 Å². The number of hydrogen-bond donors (Lipinski definition) is 0. The Morgan fingerprint density at radius 2 is 1.86 bits per heavy atom. The highest BCUT2D eigenvalue weighted by Gasteiger charge is 2.72. The maximum Gasteiger partial charge on any atom is 0.305 e. The van der Waals surface area contributed by atoms with E-state index in [0.717, 1.165) is 18.7 Å². The second-order valence-electron chi connectivity index (χ2n) is 6.84. The fourth-order valence-electron chi connectivity index (χ4n) is 4.09. The van der Waals surface area contributed by atoms with Crippen molar-refractivity contribution in [2.45, 2.75) is 31.8 Å². The molecule has 8 nitrogen and oxygen atoms in total. The summed E-state index contributed by atoms with van der Waals surface area (Å²) in [7, 11) is 0. The fraction of sp³-hybridized carbons (Fsp3) is 0.368. The third kappa shape index (κ3) is 2.63. The van der Waals surface area contributed by atoms with Crippen LogP contribution in [0.2, 0.25) is 5.02 Å². The molecule has 146 valence electrons. The number of nitrogens with zero attached hydrogens (tertiary/aromatic N) is 1. The summed E-state index contributed by atoms with van der Waals surface area (Å²) in [5.74, 6) is -4.23. The molecule has 9 heteroatoms. The van der Waals surface area contributed by atoms with Crippen molar-refractivity contribution in [1.82, 2.24) is 0 Å². The summed E-state index contributed by atoms with van der Waals surface area (Å²) in [6.07, 6.45) is 0.963. The van der Waals surface area contributed by atoms with E-state index in [1.165, 1.54) is 12.1 Å². The molecule has 2 fully saturated rings. The van der Waals surface area contributed by atoms with Gasteiger partial charge in [0.2, 0.25) is 11.8 Å². The molecular formula is C19H16ClNO7. The van der Waals surface area contributed by atoms with Gasteiger partial charge in [-0.3, -0.25) is 19.2 Å². The molecule has 4 atom stereocenters. The summed E-state index contributed by atoms with van der Waals surface area (Å²) >= 11 is 6.00. The zero-order chi connectivity index (χ0) is 20.2. The Bertz CT molecular complexity index is 913. The SMILES string of the molecule is CC(=O)OC(OC(C)=O)[C@@]12C=C[C@H](O1)[C@H]1C(=O)N(c3cccc(Cl)c3)C(=O)[C@@H]12. The van der Waals surface area contributed by atoms with Gasteiger partial charge in [-0.25, -0.2) is 4.90 Å². The highest BCUT2D eigenvalue weighted by molar-refractivity contribution is 6.31. The van der Waals surface area contributed by atoms with Crippen molar-refractivity contribution in [1.29, 1.82) is 0 Å². The zero-order valence-electron chi connectivity index (χ0n) is 15.0. The van der Waals surface area contributed by atoms with Crippen LogP contribution in [0.3, 0.4) is 0 Å². The molecule has 3 aliphatic rings. The fourth-order valence-corrected chi connectivity index (χ4v) is 4.27. The van der Waals surface area contributed by atoms with Gasteiger partial charge in [0.15, 0.2) is 5.60 Å². The van der Waals surface area contributed by atoms with Crippen molar-refractivity contribution in [3.05, 3.63) is 41.4 Å². The number of esters is 2. The first-order chi connectivity index (χ1) is 13.2. The van der Waals surface area contributed by atoms with Gasteiger partial charge < -0.3 is 14.2 Å². The molecule has 2 bridgehead atoms. The summed E-state index contributed by atoms with van der Waals surface area (Å²) in [5.41, 5.74) is -1.23. The van der Waals surface area contributed by atoms with E-state index in [1.807, 2.05) is 0 Å². The van der Waals surface area contributed by atoms with E-state index in [0.29, 0.717) is 10.7 Å². The number of halogens is 1. The minimum atomic E-state index is -1.56. The molecule has 3 aliphatic heterocycles. The standard InChI is InChI=1S/C19H16ClNO7/c1-9(22)26-18(27-10(2)23)19-7-6-13(28-19)14-15(19)17(25)21(16(14)24)12-5-3-4-11(20)8-12/h3-8,13-15,18H,1-2H3/t13-,14+,15+,19-/m0/s1. The maximum atomic E-state index is 13.2. The van der Waals surface area contributed by atoms with E-state index in [2.05, 4.69) is 0 Å². The average molecular weight is 406 g/mol. The van der Waals surface area contributed by atoms with Gasteiger partial charge in [-0.05, 0) is 24.3 Å². The molecule has 0 N–H and O–H groups in total. The Morgan fingerprint density at radius 3 is 2.46 bits per heavy atom. The van der Waals surface area contributed by atoms with Gasteiger partial charge in [-0.2, -0.15) is 0 Å². The van der Waals surface area contributed by atoms with Crippen LogP contribution < -0.4 is 4.90 Å². The smallest absolute Gasteiger partial charge is 0.305 e. The van der Waals surface area contributed by atoms with Crippen LogP contribution in [-0.4, -0.2) is 41.7 Å². The number of rotatable bonds is 4. The van der Waals surface area contributed by atoms with Crippen LogP contribution in [0.5, 0.6) is 0 Å². The maximum absolute atomic E-state index is 13.2. The molecule has 3 heterocycles. The summed E-state index contributed by atoms with van der Waals surface area (Å²) in [6, 6.07) is 6.37. The van der Waals surface area contributed by atoms with Crippen molar-refractivity contribution < 1.29 is 33.4 Å². The zero-order valence-corrected chi connectivity index (χ0v) is 15.7. The lowest BCUT2D eigenvalue weighted by molar-refractivity contribution is -0.226. The van der Waals surface area contributed by atoms with Gasteiger partial charge in [0, 0.05) is 18.9 Å². The number of carbonyl (C=O) groups is 4. The second kappa shape index (κ2) is 6.42. The van der Waals surface area contributed by atoms with Gasteiger partial charge in [-0.1, -0.05) is 23.7 Å². The first-order valence-electron chi connectivity index (χ1n) is 8.59. The Balaban J connectivity index is 1.75. The monoisotopic (exact) mass is 405 g/mol. The number of amides is 2. The molecule has 1 aromatic rings. The molecule has 4 rings (SSSR count). The van der Waals surface area contributed by atoms with E-state index in [9.17, 15) is 19.2 Å². The quantitative estimate of drug-likeness (QED) is 0.324. The molecule has 1 aromatic carbocycles. The summed E-state index contributed by atoms with van der Waals surface area (Å²) in [5, 5.41) is 0.375. The summed E-state index contributed by atoms with van der Waals surface area (Å²) in [4.78, 5) is 50.5. The molecule has 0 radical (unpaired) electrons. The van der Waals surface area contributed by atoms with Crippen LogP contribution >= 0.6 is 11.6 Å². The molecule has 2 saturated heterocycles. The third-order valence-corrected chi connectivity index (χ3v) is 5.29. The number of hydrogen-bond acceptors (Lipinski definition) is 7. The van der Waals surface area contributed by atoms with Crippen molar-refractivity contribution in [2.75, 3.05) is 4.90 Å². The Hall–Kier alpha value is -2.71. The van der Waals surface area contributed by atoms with Gasteiger partial charge in [0.05, 0.1) is 23.6 Å². The van der Waals surface area contributed by atoms with E-state index >= 15 is 0 Å². The van der Waals surface area contributed by atoms with Crippen LogP contribution in [0.4, 0.5) is 5.69 Å². The number of fused-ring (bicyclic) bond motifs is 5. The molecule has 28 heavy (non-hydrogen) atoms. The minimum Gasteiger partial charge on any atom is -0.422 e. The van der Waals surface area contributed by atoms with Crippen LogP contribution in [0, 0.1) is 11.8 Å². The molecule has 0 spiro atoms. The number of anilines is 1. The largest absolute Gasteiger partial charge is 0.422 e. The average Bonchev–Trinajstić information content (AvgIpc) is 3.25. The lowest BCUT2D eigenvalue weighted by atomic mass is 9.76. The molecule has 0 unspecified atom stereocenters. The van der Waals surface area contributed by atoms with Gasteiger partial charge in [0.25, 0.3) is 6.29 Å². The predicted molar refractivity (Wildman–Crippen MR) is 95.0 cm³/mol. The van der Waals surface area contributed by atoms with E-state index in [4.69, 9.17) is 25.8 Å². The lowest BCUT2D eigenvalue weighted by Crippen LogP contribution is -2.52. The van der Waals surface area contributed by atoms with Crippen LogP contribution in [0.25, 0.3) is 0 Å². The van der Waals surface area contributed by atoms with E-state index in [-0.39, 0.29) is 0 Å². The minimum absolute atomic E-state index is 0.336. The van der Waals surface area contributed by atoms with Crippen molar-refractivity contribution >= 4 is 41.0 Å². The third-order valence-electron chi connectivity index (χ3n) is 5.06. The summed E-state index contributed by atoms with van der Waals surface area (Å²) in [6.45, 7) is 2.30. The predicted octanol–water partition coefficient (Wildman–Crippen LogP) is 1.61. The van der Waals surface area contributed by atoms with Gasteiger partial charge >= 0.3 is 11.9 Å². The number of benzene rings is 1. The molecule has 0 aromatic heterocycles.